The van der Waals surface area contributed by atoms with Crippen LogP contribution >= 0.6 is 0 Å². The van der Waals surface area contributed by atoms with Gasteiger partial charge < -0.3 is 20.3 Å². The molecule has 0 fully saturated rings. The minimum Gasteiger partial charge on any atom is -0.465 e. The third-order valence-corrected chi connectivity index (χ3v) is 2.09. The van der Waals surface area contributed by atoms with Crippen molar-refractivity contribution >= 4 is 11.9 Å². The van der Waals surface area contributed by atoms with Gasteiger partial charge in [-0.15, -0.1) is 0 Å². The Kier molecular flexibility index (Phi) is 6.86. The SMILES string of the molecule is CCOC(=O)C(N)CC(CO)C(=O)OC(C)(C)C. The number of carbonyl (C=O) groups is 2. The van der Waals surface area contributed by atoms with Crippen LogP contribution in [0.3, 0.4) is 0 Å². The second-order valence-corrected chi connectivity index (χ2v) is 5.01. The highest BCUT2D eigenvalue weighted by atomic mass is 16.6. The molecule has 0 aromatic carbocycles. The molecule has 0 saturated heterocycles. The van der Waals surface area contributed by atoms with Crippen LogP contribution in [0.25, 0.3) is 0 Å². The van der Waals surface area contributed by atoms with Crippen molar-refractivity contribution in [2.45, 2.75) is 45.8 Å². The lowest BCUT2D eigenvalue weighted by Crippen LogP contribution is -2.39. The first-order valence-electron chi connectivity index (χ1n) is 5.97. The molecule has 106 valence electrons. The van der Waals surface area contributed by atoms with Gasteiger partial charge in [0.15, 0.2) is 0 Å². The molecule has 0 saturated carbocycles. The fourth-order valence-corrected chi connectivity index (χ4v) is 1.28. The van der Waals surface area contributed by atoms with Crippen molar-refractivity contribution in [3.63, 3.8) is 0 Å². The van der Waals surface area contributed by atoms with Crippen molar-refractivity contribution in [2.24, 2.45) is 11.7 Å². The molecule has 0 amide bonds. The van der Waals surface area contributed by atoms with Crippen LogP contribution in [0.2, 0.25) is 0 Å². The summed E-state index contributed by atoms with van der Waals surface area (Å²) in [5, 5.41) is 9.15. The molecule has 0 aliphatic rings. The largest absolute Gasteiger partial charge is 0.465 e. The maximum Gasteiger partial charge on any atom is 0.322 e. The predicted octanol–water partition coefficient (Wildman–Crippen LogP) is 0.217. The standard InChI is InChI=1S/C12H23NO5/c1-5-17-11(16)9(13)6-8(7-14)10(15)18-12(2,3)4/h8-9,14H,5-7,13H2,1-4H3. The van der Waals surface area contributed by atoms with Crippen LogP contribution < -0.4 is 5.73 Å². The van der Waals surface area contributed by atoms with Gasteiger partial charge in [0.05, 0.1) is 19.1 Å². The van der Waals surface area contributed by atoms with E-state index in [0.717, 1.165) is 0 Å². The minimum absolute atomic E-state index is 0.00421. The Hall–Kier alpha value is -1.14. The zero-order valence-corrected chi connectivity index (χ0v) is 11.4. The quantitative estimate of drug-likeness (QED) is 0.663. The molecule has 3 N–H and O–H groups in total. The van der Waals surface area contributed by atoms with Gasteiger partial charge in [-0.25, -0.2) is 0 Å². The van der Waals surface area contributed by atoms with Crippen molar-refractivity contribution in [3.8, 4) is 0 Å². The Balaban J connectivity index is 4.42. The zero-order valence-electron chi connectivity index (χ0n) is 11.4. The lowest BCUT2D eigenvalue weighted by atomic mass is 10.0. The molecule has 0 radical (unpaired) electrons. The van der Waals surface area contributed by atoms with Gasteiger partial charge in [-0.05, 0) is 34.1 Å². The number of hydrogen-bond acceptors (Lipinski definition) is 6. The van der Waals surface area contributed by atoms with Crippen molar-refractivity contribution in [3.05, 3.63) is 0 Å². The molecule has 0 rings (SSSR count). The van der Waals surface area contributed by atoms with E-state index < -0.39 is 36.1 Å². The van der Waals surface area contributed by atoms with Crippen molar-refractivity contribution < 1.29 is 24.2 Å². The predicted molar refractivity (Wildman–Crippen MR) is 65.6 cm³/mol. The highest BCUT2D eigenvalue weighted by Crippen LogP contribution is 2.15. The van der Waals surface area contributed by atoms with Gasteiger partial charge in [0.1, 0.15) is 11.6 Å². The van der Waals surface area contributed by atoms with E-state index >= 15 is 0 Å². The lowest BCUT2D eigenvalue weighted by Gasteiger charge is -2.24. The van der Waals surface area contributed by atoms with E-state index in [1.165, 1.54) is 0 Å². The third-order valence-electron chi connectivity index (χ3n) is 2.09. The first-order valence-corrected chi connectivity index (χ1v) is 5.97. The molecule has 0 aliphatic heterocycles. The van der Waals surface area contributed by atoms with Gasteiger partial charge in [0.25, 0.3) is 0 Å². The summed E-state index contributed by atoms with van der Waals surface area (Å²) in [4.78, 5) is 23.0. The summed E-state index contributed by atoms with van der Waals surface area (Å²) in [6, 6.07) is -0.936. The summed E-state index contributed by atoms with van der Waals surface area (Å²) < 4.78 is 9.86. The van der Waals surface area contributed by atoms with Crippen LogP contribution in [0.5, 0.6) is 0 Å². The Morgan fingerprint density at radius 3 is 2.22 bits per heavy atom. The summed E-state index contributed by atoms with van der Waals surface area (Å²) in [7, 11) is 0. The summed E-state index contributed by atoms with van der Waals surface area (Å²) in [6.45, 7) is 6.66. The molecule has 0 bridgehead atoms. The maximum absolute atomic E-state index is 11.7. The molecular formula is C12H23NO5. The molecular weight excluding hydrogens is 238 g/mol. The number of carbonyl (C=O) groups excluding carboxylic acids is 2. The minimum atomic E-state index is -0.936. The van der Waals surface area contributed by atoms with Gasteiger partial charge in [0.2, 0.25) is 0 Å². The Morgan fingerprint density at radius 1 is 1.28 bits per heavy atom. The maximum atomic E-state index is 11.7. The van der Waals surface area contributed by atoms with Crippen molar-refractivity contribution in [1.82, 2.24) is 0 Å². The molecule has 2 atom stereocenters. The van der Waals surface area contributed by atoms with Gasteiger partial charge in [-0.2, -0.15) is 0 Å². The van der Waals surface area contributed by atoms with Crippen LogP contribution in [0.15, 0.2) is 0 Å². The Labute approximate surface area is 107 Å². The fraction of sp³-hybridized carbons (Fsp3) is 0.833. The van der Waals surface area contributed by atoms with Crippen LogP contribution in [0, 0.1) is 5.92 Å². The number of esters is 2. The number of rotatable bonds is 6. The van der Waals surface area contributed by atoms with E-state index in [1.54, 1.807) is 27.7 Å². The average molecular weight is 261 g/mol. The Bertz CT molecular complexity index is 285. The smallest absolute Gasteiger partial charge is 0.322 e. The van der Waals surface area contributed by atoms with Gasteiger partial charge >= 0.3 is 11.9 Å². The number of aliphatic hydroxyl groups excluding tert-OH is 1. The molecule has 0 aromatic heterocycles. The fourth-order valence-electron chi connectivity index (χ4n) is 1.28. The molecule has 0 spiro atoms. The molecule has 0 aliphatic carbocycles. The van der Waals surface area contributed by atoms with Crippen molar-refractivity contribution in [2.75, 3.05) is 13.2 Å². The number of hydrogen-bond donors (Lipinski definition) is 2. The average Bonchev–Trinajstić information content (AvgIpc) is 2.23. The summed E-state index contributed by atoms with van der Waals surface area (Å²) in [5.74, 6) is -1.96. The van der Waals surface area contributed by atoms with Gasteiger partial charge in [-0.3, -0.25) is 9.59 Å². The van der Waals surface area contributed by atoms with E-state index in [2.05, 4.69) is 0 Å². The Morgan fingerprint density at radius 2 is 1.83 bits per heavy atom. The van der Waals surface area contributed by atoms with Gasteiger partial charge in [0, 0.05) is 0 Å². The first-order chi connectivity index (χ1) is 8.21. The molecule has 2 unspecified atom stereocenters. The van der Waals surface area contributed by atoms with Crippen molar-refractivity contribution in [1.29, 1.82) is 0 Å². The highest BCUT2D eigenvalue weighted by Gasteiger charge is 2.29. The van der Waals surface area contributed by atoms with Gasteiger partial charge in [-0.1, -0.05) is 0 Å². The molecule has 0 heterocycles. The van der Waals surface area contributed by atoms with Crippen LogP contribution in [-0.2, 0) is 19.1 Å². The number of nitrogens with two attached hydrogens (primary N) is 1. The van der Waals surface area contributed by atoms with Crippen LogP contribution in [0.4, 0.5) is 0 Å². The van der Waals surface area contributed by atoms with Crippen LogP contribution in [0.1, 0.15) is 34.1 Å². The lowest BCUT2D eigenvalue weighted by molar-refractivity contribution is -0.162. The topological polar surface area (TPSA) is 98.9 Å². The van der Waals surface area contributed by atoms with E-state index in [-0.39, 0.29) is 13.0 Å². The zero-order chi connectivity index (χ0) is 14.3. The second kappa shape index (κ2) is 7.33. The molecule has 6 heteroatoms. The van der Waals surface area contributed by atoms with E-state index in [4.69, 9.17) is 20.3 Å². The van der Waals surface area contributed by atoms with E-state index in [1.807, 2.05) is 0 Å². The highest BCUT2D eigenvalue weighted by molar-refractivity contribution is 5.78. The summed E-state index contributed by atoms with van der Waals surface area (Å²) in [5.41, 5.74) is 4.95. The second-order valence-electron chi connectivity index (χ2n) is 5.01. The van der Waals surface area contributed by atoms with E-state index in [0.29, 0.717) is 0 Å². The number of aliphatic hydroxyl groups is 1. The summed E-state index contributed by atoms with van der Waals surface area (Å²) >= 11 is 0. The number of ether oxygens (including phenoxy) is 2. The molecule has 0 aromatic rings. The van der Waals surface area contributed by atoms with Crippen LogP contribution in [-0.4, -0.2) is 41.9 Å². The third kappa shape index (κ3) is 6.56. The normalized spacial score (nSPS) is 14.8. The summed E-state index contributed by atoms with van der Waals surface area (Å²) in [6.07, 6.45) is 0.00421. The molecule has 6 nitrogen and oxygen atoms in total. The first kappa shape index (κ1) is 16.9. The van der Waals surface area contributed by atoms with E-state index in [9.17, 15) is 9.59 Å². The monoisotopic (exact) mass is 261 g/mol. The molecule has 18 heavy (non-hydrogen) atoms.